The Balaban J connectivity index is 1.50. The Morgan fingerprint density at radius 2 is 1.75 bits per heavy atom. The standard InChI is InChI=1S/C16H28N2O2/c19-15(12-16(20)7-2-1-3-8-16)18-11-6-14(13-18)17-9-4-5-10-17/h14,20H,1-13H2. The van der Waals surface area contributed by atoms with E-state index in [4.69, 9.17) is 0 Å². The van der Waals surface area contributed by atoms with Gasteiger partial charge in [-0.25, -0.2) is 0 Å². The van der Waals surface area contributed by atoms with Crippen molar-refractivity contribution in [3.63, 3.8) is 0 Å². The predicted molar refractivity (Wildman–Crippen MR) is 78.4 cm³/mol. The lowest BCUT2D eigenvalue weighted by Crippen LogP contribution is -2.41. The van der Waals surface area contributed by atoms with Crippen LogP contribution < -0.4 is 0 Å². The summed E-state index contributed by atoms with van der Waals surface area (Å²) in [4.78, 5) is 17.0. The number of aliphatic hydroxyl groups is 1. The first kappa shape index (κ1) is 14.3. The average Bonchev–Trinajstić information content (AvgIpc) is 3.10. The van der Waals surface area contributed by atoms with E-state index < -0.39 is 5.60 Å². The summed E-state index contributed by atoms with van der Waals surface area (Å²) in [5.41, 5.74) is -0.707. The van der Waals surface area contributed by atoms with Crippen molar-refractivity contribution < 1.29 is 9.90 Å². The molecule has 1 saturated carbocycles. The number of hydrogen-bond donors (Lipinski definition) is 1. The van der Waals surface area contributed by atoms with E-state index in [-0.39, 0.29) is 5.91 Å². The second-order valence-electron chi connectivity index (χ2n) is 6.99. The second-order valence-corrected chi connectivity index (χ2v) is 6.99. The van der Waals surface area contributed by atoms with E-state index in [1.165, 1.54) is 32.4 Å². The van der Waals surface area contributed by atoms with Crippen LogP contribution in [0, 0.1) is 0 Å². The molecule has 3 aliphatic rings. The van der Waals surface area contributed by atoms with Gasteiger partial charge in [0.2, 0.25) is 5.91 Å². The molecule has 3 rings (SSSR count). The topological polar surface area (TPSA) is 43.8 Å². The molecule has 2 heterocycles. The van der Waals surface area contributed by atoms with Crippen LogP contribution in [0.3, 0.4) is 0 Å². The zero-order chi connectivity index (χ0) is 14.0. The molecular formula is C16H28N2O2. The maximum atomic E-state index is 12.4. The molecule has 0 spiro atoms. The quantitative estimate of drug-likeness (QED) is 0.857. The van der Waals surface area contributed by atoms with Crippen LogP contribution in [0.15, 0.2) is 0 Å². The van der Waals surface area contributed by atoms with Crippen LogP contribution in [-0.4, -0.2) is 58.6 Å². The van der Waals surface area contributed by atoms with E-state index in [0.29, 0.717) is 12.5 Å². The van der Waals surface area contributed by atoms with Gasteiger partial charge in [-0.3, -0.25) is 9.69 Å². The van der Waals surface area contributed by atoms with Gasteiger partial charge in [-0.1, -0.05) is 19.3 Å². The molecule has 0 bridgehead atoms. The summed E-state index contributed by atoms with van der Waals surface area (Å²) in [6.07, 6.45) is 9.04. The molecule has 2 aliphatic heterocycles. The van der Waals surface area contributed by atoms with Gasteiger partial charge in [0.1, 0.15) is 0 Å². The minimum Gasteiger partial charge on any atom is -0.389 e. The Morgan fingerprint density at radius 1 is 1.05 bits per heavy atom. The molecule has 0 aromatic carbocycles. The van der Waals surface area contributed by atoms with Crippen LogP contribution >= 0.6 is 0 Å². The number of carbonyl (C=O) groups is 1. The van der Waals surface area contributed by atoms with Gasteiger partial charge in [0, 0.05) is 19.1 Å². The second kappa shape index (κ2) is 6.02. The lowest BCUT2D eigenvalue weighted by Gasteiger charge is -2.33. The molecular weight excluding hydrogens is 252 g/mol. The summed E-state index contributed by atoms with van der Waals surface area (Å²) < 4.78 is 0. The molecule has 3 fully saturated rings. The van der Waals surface area contributed by atoms with Gasteiger partial charge >= 0.3 is 0 Å². The van der Waals surface area contributed by atoms with E-state index >= 15 is 0 Å². The largest absolute Gasteiger partial charge is 0.389 e. The lowest BCUT2D eigenvalue weighted by molar-refractivity contribution is -0.136. The van der Waals surface area contributed by atoms with Crippen LogP contribution in [0.4, 0.5) is 0 Å². The van der Waals surface area contributed by atoms with E-state index in [1.807, 2.05) is 4.90 Å². The minimum atomic E-state index is -0.707. The van der Waals surface area contributed by atoms with Crippen LogP contribution in [-0.2, 0) is 4.79 Å². The molecule has 0 aromatic heterocycles. The number of carbonyl (C=O) groups excluding carboxylic acids is 1. The first-order valence-electron chi connectivity index (χ1n) is 8.41. The van der Waals surface area contributed by atoms with Crippen molar-refractivity contribution in [3.8, 4) is 0 Å². The molecule has 1 atom stereocenters. The average molecular weight is 280 g/mol. The molecule has 0 radical (unpaired) electrons. The monoisotopic (exact) mass is 280 g/mol. The Labute approximate surface area is 122 Å². The summed E-state index contributed by atoms with van der Waals surface area (Å²) in [6, 6.07) is 0.572. The fourth-order valence-electron chi connectivity index (χ4n) is 4.15. The van der Waals surface area contributed by atoms with Gasteiger partial charge < -0.3 is 10.0 Å². The highest BCUT2D eigenvalue weighted by atomic mass is 16.3. The summed E-state index contributed by atoms with van der Waals surface area (Å²) >= 11 is 0. The van der Waals surface area contributed by atoms with E-state index in [1.54, 1.807) is 0 Å². The maximum Gasteiger partial charge on any atom is 0.225 e. The first-order chi connectivity index (χ1) is 9.66. The molecule has 1 unspecified atom stereocenters. The van der Waals surface area contributed by atoms with Gasteiger partial charge in [0.05, 0.1) is 12.0 Å². The third-order valence-corrected chi connectivity index (χ3v) is 5.44. The highest BCUT2D eigenvalue weighted by molar-refractivity contribution is 5.77. The smallest absolute Gasteiger partial charge is 0.225 e. The Bertz CT molecular complexity index is 346. The van der Waals surface area contributed by atoms with Crippen molar-refractivity contribution >= 4 is 5.91 Å². The highest BCUT2D eigenvalue weighted by Gasteiger charge is 2.36. The van der Waals surface area contributed by atoms with Gasteiger partial charge in [-0.05, 0) is 45.2 Å². The number of nitrogens with zero attached hydrogens (tertiary/aromatic N) is 2. The van der Waals surface area contributed by atoms with Crippen molar-refractivity contribution in [2.24, 2.45) is 0 Å². The molecule has 1 aliphatic carbocycles. The van der Waals surface area contributed by atoms with E-state index in [2.05, 4.69) is 4.90 Å². The molecule has 0 aromatic rings. The summed E-state index contributed by atoms with van der Waals surface area (Å²) in [5, 5.41) is 10.5. The van der Waals surface area contributed by atoms with E-state index in [0.717, 1.165) is 45.2 Å². The molecule has 4 heteroatoms. The Morgan fingerprint density at radius 3 is 2.45 bits per heavy atom. The van der Waals surface area contributed by atoms with Gasteiger partial charge in [0.15, 0.2) is 0 Å². The van der Waals surface area contributed by atoms with Crippen molar-refractivity contribution in [1.82, 2.24) is 9.80 Å². The number of rotatable bonds is 3. The van der Waals surface area contributed by atoms with Crippen molar-refractivity contribution in [1.29, 1.82) is 0 Å². The van der Waals surface area contributed by atoms with Gasteiger partial charge in [-0.15, -0.1) is 0 Å². The molecule has 4 nitrogen and oxygen atoms in total. The summed E-state index contributed by atoms with van der Waals surface area (Å²) in [7, 11) is 0. The van der Waals surface area contributed by atoms with Crippen molar-refractivity contribution in [3.05, 3.63) is 0 Å². The van der Waals surface area contributed by atoms with Crippen LogP contribution in [0.5, 0.6) is 0 Å². The highest BCUT2D eigenvalue weighted by Crippen LogP contribution is 2.32. The molecule has 1 amide bonds. The number of likely N-dealkylation sites (tertiary alicyclic amines) is 2. The lowest BCUT2D eigenvalue weighted by atomic mass is 9.82. The van der Waals surface area contributed by atoms with Crippen LogP contribution in [0.1, 0.15) is 57.8 Å². The first-order valence-corrected chi connectivity index (χ1v) is 8.41. The number of hydrogen-bond acceptors (Lipinski definition) is 3. The summed E-state index contributed by atoms with van der Waals surface area (Å²) in [6.45, 7) is 4.18. The maximum absolute atomic E-state index is 12.4. The molecule has 1 N–H and O–H groups in total. The normalized spacial score (nSPS) is 30.9. The van der Waals surface area contributed by atoms with Crippen LogP contribution in [0.25, 0.3) is 0 Å². The number of amides is 1. The van der Waals surface area contributed by atoms with Gasteiger partial charge in [-0.2, -0.15) is 0 Å². The zero-order valence-corrected chi connectivity index (χ0v) is 12.5. The third-order valence-electron chi connectivity index (χ3n) is 5.44. The third kappa shape index (κ3) is 3.17. The van der Waals surface area contributed by atoms with E-state index in [9.17, 15) is 9.90 Å². The fourth-order valence-corrected chi connectivity index (χ4v) is 4.15. The van der Waals surface area contributed by atoms with Gasteiger partial charge in [0.25, 0.3) is 0 Å². The van der Waals surface area contributed by atoms with Crippen molar-refractivity contribution in [2.75, 3.05) is 26.2 Å². The summed E-state index contributed by atoms with van der Waals surface area (Å²) in [5.74, 6) is 0.177. The zero-order valence-electron chi connectivity index (χ0n) is 12.5. The predicted octanol–water partition coefficient (Wildman–Crippen LogP) is 1.77. The fraction of sp³-hybridized carbons (Fsp3) is 0.938. The van der Waals surface area contributed by atoms with Crippen LogP contribution in [0.2, 0.25) is 0 Å². The SMILES string of the molecule is O=C(CC1(O)CCCCC1)N1CCC(N2CCCC2)C1. The van der Waals surface area contributed by atoms with Crippen molar-refractivity contribution in [2.45, 2.75) is 69.4 Å². The molecule has 2 saturated heterocycles. The Kier molecular flexibility index (Phi) is 4.32. The Hall–Kier alpha value is -0.610. The molecule has 20 heavy (non-hydrogen) atoms. The minimum absolute atomic E-state index is 0.177. The molecule has 114 valence electrons.